The Hall–Kier alpha value is -2.85. The van der Waals surface area contributed by atoms with Gasteiger partial charge in [-0.3, -0.25) is 4.79 Å². The normalized spacial score (nSPS) is 14.1. The lowest BCUT2D eigenvalue weighted by Crippen LogP contribution is -2.30. The van der Waals surface area contributed by atoms with E-state index in [2.05, 4.69) is 11.4 Å². The van der Waals surface area contributed by atoms with E-state index in [1.165, 1.54) is 30.2 Å². The Kier molecular flexibility index (Phi) is 6.55. The minimum absolute atomic E-state index is 0.313. The molecule has 0 fully saturated rings. The second kappa shape index (κ2) is 9.10. The largest absolute Gasteiger partial charge is 0.496 e. The molecule has 0 radical (unpaired) electrons. The molecule has 1 N–H and O–H groups in total. The van der Waals surface area contributed by atoms with Gasteiger partial charge in [0, 0.05) is 4.88 Å². The fourth-order valence-corrected chi connectivity index (χ4v) is 4.63. The fraction of sp³-hybridized carbons (Fsp3) is 0.409. The standard InChI is InChI=1S/C22H24N2O4S/c1-13-9-10-15(11-18(13)27-3)22(26)28-14(2)20(25)24-21-17(12-23)16-7-5-4-6-8-19(16)29-21/h9-11,14H,4-8H2,1-3H3,(H,24,25)/t14-/m1/s1. The van der Waals surface area contributed by atoms with Crippen LogP contribution in [0.1, 0.15) is 58.1 Å². The topological polar surface area (TPSA) is 88.4 Å². The molecular formula is C22H24N2O4S. The maximum Gasteiger partial charge on any atom is 0.339 e. The van der Waals surface area contributed by atoms with E-state index >= 15 is 0 Å². The van der Waals surface area contributed by atoms with E-state index in [4.69, 9.17) is 9.47 Å². The highest BCUT2D eigenvalue weighted by molar-refractivity contribution is 7.16. The van der Waals surface area contributed by atoms with Crippen molar-refractivity contribution in [1.82, 2.24) is 0 Å². The zero-order chi connectivity index (χ0) is 21.0. The van der Waals surface area contributed by atoms with Crippen LogP contribution in [0.5, 0.6) is 5.75 Å². The van der Waals surface area contributed by atoms with E-state index < -0.39 is 18.0 Å². The Balaban J connectivity index is 1.70. The smallest absolute Gasteiger partial charge is 0.339 e. The summed E-state index contributed by atoms with van der Waals surface area (Å²) in [6.45, 7) is 3.39. The lowest BCUT2D eigenvalue weighted by Gasteiger charge is -2.14. The molecule has 0 spiro atoms. The summed E-state index contributed by atoms with van der Waals surface area (Å²) >= 11 is 1.46. The van der Waals surface area contributed by atoms with Crippen molar-refractivity contribution in [3.63, 3.8) is 0 Å². The molecule has 1 atom stereocenters. The van der Waals surface area contributed by atoms with Crippen LogP contribution in [0.2, 0.25) is 0 Å². The lowest BCUT2D eigenvalue weighted by molar-refractivity contribution is -0.123. The summed E-state index contributed by atoms with van der Waals surface area (Å²) in [7, 11) is 1.53. The van der Waals surface area contributed by atoms with Crippen molar-refractivity contribution in [3.8, 4) is 11.8 Å². The van der Waals surface area contributed by atoms with E-state index in [-0.39, 0.29) is 0 Å². The zero-order valence-electron chi connectivity index (χ0n) is 16.8. The number of fused-ring (bicyclic) bond motifs is 1. The van der Waals surface area contributed by atoms with Crippen molar-refractivity contribution in [2.75, 3.05) is 12.4 Å². The number of nitrogens with zero attached hydrogens (tertiary/aromatic N) is 1. The average Bonchev–Trinajstić information content (AvgIpc) is 2.87. The van der Waals surface area contributed by atoms with Crippen molar-refractivity contribution < 1.29 is 19.1 Å². The van der Waals surface area contributed by atoms with E-state index in [0.29, 0.717) is 21.9 Å². The van der Waals surface area contributed by atoms with E-state index in [1.54, 1.807) is 18.2 Å². The molecule has 1 aromatic heterocycles. The number of carbonyl (C=O) groups excluding carboxylic acids is 2. The second-order valence-corrected chi connectivity index (χ2v) is 8.21. The fourth-order valence-electron chi connectivity index (χ4n) is 3.39. The monoisotopic (exact) mass is 412 g/mol. The number of nitriles is 1. The first-order valence-electron chi connectivity index (χ1n) is 9.65. The van der Waals surface area contributed by atoms with Crippen LogP contribution < -0.4 is 10.1 Å². The van der Waals surface area contributed by atoms with Crippen molar-refractivity contribution in [1.29, 1.82) is 5.26 Å². The Morgan fingerprint density at radius 1 is 1.24 bits per heavy atom. The average molecular weight is 413 g/mol. The van der Waals surface area contributed by atoms with Crippen LogP contribution in [-0.4, -0.2) is 25.1 Å². The molecule has 0 aliphatic heterocycles. The molecule has 29 heavy (non-hydrogen) atoms. The molecule has 1 aliphatic rings. The Morgan fingerprint density at radius 2 is 2.00 bits per heavy atom. The number of methoxy groups -OCH3 is 1. The van der Waals surface area contributed by atoms with Gasteiger partial charge in [0.15, 0.2) is 6.10 Å². The van der Waals surface area contributed by atoms with Gasteiger partial charge in [-0.1, -0.05) is 12.5 Å². The molecule has 0 bridgehead atoms. The van der Waals surface area contributed by atoms with Gasteiger partial charge >= 0.3 is 5.97 Å². The minimum Gasteiger partial charge on any atom is -0.496 e. The minimum atomic E-state index is -0.997. The summed E-state index contributed by atoms with van der Waals surface area (Å²) in [6, 6.07) is 7.22. The highest BCUT2D eigenvalue weighted by atomic mass is 32.1. The number of hydrogen-bond acceptors (Lipinski definition) is 6. The van der Waals surface area contributed by atoms with Crippen molar-refractivity contribution in [2.45, 2.75) is 52.1 Å². The molecule has 1 amide bonds. The third-order valence-electron chi connectivity index (χ3n) is 5.07. The molecule has 7 heteroatoms. The van der Waals surface area contributed by atoms with Crippen LogP contribution >= 0.6 is 11.3 Å². The molecule has 3 rings (SSSR count). The predicted octanol–water partition coefficient (Wildman–Crippen LogP) is 4.39. The van der Waals surface area contributed by atoms with Crippen molar-refractivity contribution >= 4 is 28.2 Å². The third kappa shape index (κ3) is 4.60. The number of nitrogens with one attached hydrogen (secondary N) is 1. The maximum atomic E-state index is 12.6. The number of esters is 1. The summed E-state index contributed by atoms with van der Waals surface area (Å²) in [4.78, 5) is 26.2. The zero-order valence-corrected chi connectivity index (χ0v) is 17.6. The molecule has 1 aliphatic carbocycles. The van der Waals surface area contributed by atoms with Gasteiger partial charge in [0.25, 0.3) is 5.91 Å². The number of amides is 1. The highest BCUT2D eigenvalue weighted by Crippen LogP contribution is 2.37. The van der Waals surface area contributed by atoms with Crippen molar-refractivity contribution in [2.24, 2.45) is 0 Å². The molecule has 2 aromatic rings. The summed E-state index contributed by atoms with van der Waals surface area (Å²) in [5, 5.41) is 12.9. The first-order valence-corrected chi connectivity index (χ1v) is 10.5. The van der Waals surface area contributed by atoms with Crippen LogP contribution in [0.15, 0.2) is 18.2 Å². The molecular weight excluding hydrogens is 388 g/mol. The molecule has 0 unspecified atom stereocenters. The van der Waals surface area contributed by atoms with E-state index in [0.717, 1.165) is 43.2 Å². The van der Waals surface area contributed by atoms with Gasteiger partial charge in [-0.2, -0.15) is 5.26 Å². The summed E-state index contributed by atoms with van der Waals surface area (Å²) in [5.41, 5.74) is 2.81. The molecule has 6 nitrogen and oxygen atoms in total. The maximum absolute atomic E-state index is 12.6. The third-order valence-corrected chi connectivity index (χ3v) is 6.27. The number of hydrogen-bond donors (Lipinski definition) is 1. The molecule has 1 heterocycles. The second-order valence-electron chi connectivity index (χ2n) is 7.10. The molecule has 152 valence electrons. The highest BCUT2D eigenvalue weighted by Gasteiger charge is 2.24. The molecule has 0 saturated carbocycles. The predicted molar refractivity (Wildman–Crippen MR) is 112 cm³/mol. The van der Waals surface area contributed by atoms with Gasteiger partial charge in [0.05, 0.1) is 18.2 Å². The van der Waals surface area contributed by atoms with Crippen LogP contribution in [0, 0.1) is 18.3 Å². The number of carbonyl (C=O) groups is 2. The number of ether oxygens (including phenoxy) is 2. The summed E-state index contributed by atoms with van der Waals surface area (Å²) < 4.78 is 10.5. The number of thiophene rings is 1. The van der Waals surface area contributed by atoms with Crippen LogP contribution in [-0.2, 0) is 22.4 Å². The van der Waals surface area contributed by atoms with E-state index in [1.807, 2.05) is 6.92 Å². The number of benzene rings is 1. The van der Waals surface area contributed by atoms with Gasteiger partial charge in [0.2, 0.25) is 0 Å². The van der Waals surface area contributed by atoms with Gasteiger partial charge in [-0.25, -0.2) is 4.79 Å². The quantitative estimate of drug-likeness (QED) is 0.581. The lowest BCUT2D eigenvalue weighted by atomic mass is 10.1. The summed E-state index contributed by atoms with van der Waals surface area (Å²) in [6.07, 6.45) is 4.11. The first-order chi connectivity index (χ1) is 13.9. The van der Waals surface area contributed by atoms with Gasteiger partial charge in [-0.05, 0) is 62.8 Å². The molecule has 0 saturated heterocycles. The Labute approximate surface area is 174 Å². The first kappa shape index (κ1) is 20.9. The molecule has 1 aromatic carbocycles. The van der Waals surface area contributed by atoms with Gasteiger partial charge in [0.1, 0.15) is 16.8 Å². The SMILES string of the molecule is COc1cc(C(=O)O[C@H](C)C(=O)Nc2sc3c(c2C#N)CCCCC3)ccc1C. The number of rotatable bonds is 5. The van der Waals surface area contributed by atoms with Crippen LogP contribution in [0.25, 0.3) is 0 Å². The summed E-state index contributed by atoms with van der Waals surface area (Å²) in [5.74, 6) is -0.478. The van der Waals surface area contributed by atoms with Gasteiger partial charge in [-0.15, -0.1) is 11.3 Å². The van der Waals surface area contributed by atoms with E-state index in [9.17, 15) is 14.9 Å². The number of anilines is 1. The van der Waals surface area contributed by atoms with Crippen LogP contribution in [0.3, 0.4) is 0 Å². The Morgan fingerprint density at radius 3 is 2.72 bits per heavy atom. The van der Waals surface area contributed by atoms with Crippen LogP contribution in [0.4, 0.5) is 5.00 Å². The van der Waals surface area contributed by atoms with Crippen molar-refractivity contribution in [3.05, 3.63) is 45.3 Å². The number of aryl methyl sites for hydroxylation is 2. The van der Waals surface area contributed by atoms with Gasteiger partial charge < -0.3 is 14.8 Å². The Bertz CT molecular complexity index is 974.